The van der Waals surface area contributed by atoms with E-state index in [-0.39, 0.29) is 11.8 Å². The lowest BCUT2D eigenvalue weighted by molar-refractivity contribution is -0.130. The maximum Gasteiger partial charge on any atom is 0.270 e. The maximum atomic E-state index is 12.3. The molecule has 0 N–H and O–H groups in total. The van der Waals surface area contributed by atoms with Gasteiger partial charge in [-0.25, -0.2) is 0 Å². The van der Waals surface area contributed by atoms with Crippen LogP contribution in [-0.2, 0) is 11.8 Å². The van der Waals surface area contributed by atoms with Gasteiger partial charge in [0, 0.05) is 53.5 Å². The largest absolute Gasteiger partial charge is 0.348 e. The second-order valence-corrected chi connectivity index (χ2v) is 5.36. The topological polar surface area (TPSA) is 48.8 Å². The summed E-state index contributed by atoms with van der Waals surface area (Å²) in [6.45, 7) is 3.26. The molecule has 0 saturated carbocycles. The smallest absolute Gasteiger partial charge is 0.270 e. The van der Waals surface area contributed by atoms with Crippen molar-refractivity contribution in [3.05, 3.63) is 24.0 Å². The average molecular weight is 278 g/mol. The fourth-order valence-electron chi connectivity index (χ4n) is 2.29. The SMILES string of the molecule is CN(C)C(=O)CN1CCN(C(=O)c2cccn2C)CC1. The summed E-state index contributed by atoms with van der Waals surface area (Å²) in [6, 6.07) is 3.71. The Hall–Kier alpha value is -1.82. The van der Waals surface area contributed by atoms with Gasteiger partial charge in [-0.2, -0.15) is 0 Å². The monoisotopic (exact) mass is 278 g/mol. The zero-order valence-electron chi connectivity index (χ0n) is 12.4. The standard InChI is InChI=1S/C14H22N4O2/c1-15(2)13(19)11-17-7-9-18(10-8-17)14(20)12-5-4-6-16(12)3/h4-6H,7-11H2,1-3H3. The minimum Gasteiger partial charge on any atom is -0.348 e. The quantitative estimate of drug-likeness (QED) is 0.774. The predicted molar refractivity (Wildman–Crippen MR) is 76.5 cm³/mol. The molecule has 0 aromatic carbocycles. The normalized spacial score (nSPS) is 16.2. The summed E-state index contributed by atoms with van der Waals surface area (Å²) in [7, 11) is 5.40. The van der Waals surface area contributed by atoms with E-state index in [0.29, 0.717) is 25.3 Å². The van der Waals surface area contributed by atoms with E-state index in [1.54, 1.807) is 19.0 Å². The van der Waals surface area contributed by atoms with E-state index in [9.17, 15) is 9.59 Å². The van der Waals surface area contributed by atoms with E-state index < -0.39 is 0 Å². The molecule has 6 heteroatoms. The van der Waals surface area contributed by atoms with Crippen LogP contribution in [0.3, 0.4) is 0 Å². The van der Waals surface area contributed by atoms with Crippen molar-refractivity contribution in [3.8, 4) is 0 Å². The summed E-state index contributed by atoms with van der Waals surface area (Å²) in [5.74, 6) is 0.170. The Kier molecular flexibility index (Phi) is 4.44. The maximum absolute atomic E-state index is 12.3. The molecule has 2 amide bonds. The Morgan fingerprint density at radius 2 is 1.85 bits per heavy atom. The molecule has 0 radical (unpaired) electrons. The van der Waals surface area contributed by atoms with Crippen molar-refractivity contribution in [1.29, 1.82) is 0 Å². The molecule has 1 aromatic rings. The summed E-state index contributed by atoms with van der Waals surface area (Å²) in [6.07, 6.45) is 1.87. The van der Waals surface area contributed by atoms with Gasteiger partial charge in [-0.3, -0.25) is 14.5 Å². The summed E-state index contributed by atoms with van der Waals surface area (Å²) < 4.78 is 1.84. The Morgan fingerprint density at radius 3 is 2.35 bits per heavy atom. The molecule has 1 fully saturated rings. The number of nitrogens with zero attached hydrogens (tertiary/aromatic N) is 4. The van der Waals surface area contributed by atoms with Crippen molar-refractivity contribution in [2.45, 2.75) is 0 Å². The number of likely N-dealkylation sites (N-methyl/N-ethyl adjacent to an activating group) is 1. The predicted octanol–water partition coefficient (Wildman–Crippen LogP) is -0.129. The zero-order chi connectivity index (χ0) is 14.7. The molecule has 0 spiro atoms. The molecule has 1 saturated heterocycles. The molecule has 1 aromatic heterocycles. The highest BCUT2D eigenvalue weighted by Crippen LogP contribution is 2.09. The van der Waals surface area contributed by atoms with Crippen LogP contribution in [-0.4, -0.2) is 77.9 Å². The van der Waals surface area contributed by atoms with Crippen molar-refractivity contribution in [2.24, 2.45) is 7.05 Å². The highest BCUT2D eigenvalue weighted by Gasteiger charge is 2.24. The van der Waals surface area contributed by atoms with Crippen molar-refractivity contribution in [1.82, 2.24) is 19.3 Å². The van der Waals surface area contributed by atoms with Crippen LogP contribution in [0.5, 0.6) is 0 Å². The second kappa shape index (κ2) is 6.09. The molecule has 0 aliphatic carbocycles. The number of hydrogen-bond acceptors (Lipinski definition) is 3. The molecule has 20 heavy (non-hydrogen) atoms. The third-order valence-corrected chi connectivity index (χ3v) is 3.68. The molecular weight excluding hydrogens is 256 g/mol. The van der Waals surface area contributed by atoms with Crippen molar-refractivity contribution in [3.63, 3.8) is 0 Å². The average Bonchev–Trinajstić information content (AvgIpc) is 2.85. The lowest BCUT2D eigenvalue weighted by Gasteiger charge is -2.34. The molecule has 6 nitrogen and oxygen atoms in total. The van der Waals surface area contributed by atoms with Gasteiger partial charge in [0.2, 0.25) is 5.91 Å². The summed E-state index contributed by atoms with van der Waals surface area (Å²) in [4.78, 5) is 29.5. The fraction of sp³-hybridized carbons (Fsp3) is 0.571. The van der Waals surface area contributed by atoms with E-state index in [2.05, 4.69) is 4.90 Å². The van der Waals surface area contributed by atoms with E-state index in [4.69, 9.17) is 0 Å². The van der Waals surface area contributed by atoms with Crippen LogP contribution < -0.4 is 0 Å². The number of rotatable bonds is 3. The number of piperazine rings is 1. The van der Waals surface area contributed by atoms with Gasteiger partial charge in [-0.1, -0.05) is 0 Å². The van der Waals surface area contributed by atoms with Gasteiger partial charge < -0.3 is 14.4 Å². The minimum atomic E-state index is 0.0658. The van der Waals surface area contributed by atoms with Crippen molar-refractivity contribution < 1.29 is 9.59 Å². The molecule has 2 rings (SSSR count). The Bertz CT molecular complexity index is 487. The fourth-order valence-corrected chi connectivity index (χ4v) is 2.29. The zero-order valence-corrected chi connectivity index (χ0v) is 12.4. The summed E-state index contributed by atoms with van der Waals surface area (Å²) in [5, 5.41) is 0. The molecule has 0 bridgehead atoms. The van der Waals surface area contributed by atoms with Crippen LogP contribution in [0.4, 0.5) is 0 Å². The molecule has 1 aliphatic rings. The van der Waals surface area contributed by atoms with Gasteiger partial charge in [0.15, 0.2) is 0 Å². The molecule has 0 atom stereocenters. The third-order valence-electron chi connectivity index (χ3n) is 3.68. The number of hydrogen-bond donors (Lipinski definition) is 0. The first-order chi connectivity index (χ1) is 9.49. The molecular formula is C14H22N4O2. The highest BCUT2D eigenvalue weighted by atomic mass is 16.2. The Morgan fingerprint density at radius 1 is 1.20 bits per heavy atom. The van der Waals surface area contributed by atoms with Crippen molar-refractivity contribution in [2.75, 3.05) is 46.8 Å². The Labute approximate surface area is 119 Å². The summed E-state index contributed by atoms with van der Waals surface area (Å²) in [5.41, 5.74) is 0.711. The molecule has 2 heterocycles. The second-order valence-electron chi connectivity index (χ2n) is 5.36. The number of carbonyl (C=O) groups excluding carboxylic acids is 2. The third kappa shape index (κ3) is 3.19. The van der Waals surface area contributed by atoms with Crippen LogP contribution in [0.25, 0.3) is 0 Å². The van der Waals surface area contributed by atoms with E-state index in [0.717, 1.165) is 13.1 Å². The van der Waals surface area contributed by atoms with Crippen molar-refractivity contribution >= 4 is 11.8 Å². The van der Waals surface area contributed by atoms with Crippen LogP contribution in [0.15, 0.2) is 18.3 Å². The first kappa shape index (κ1) is 14.6. The first-order valence-electron chi connectivity index (χ1n) is 6.82. The van der Waals surface area contributed by atoms with Crippen LogP contribution in [0, 0.1) is 0 Å². The van der Waals surface area contributed by atoms with Gasteiger partial charge in [0.25, 0.3) is 5.91 Å². The van der Waals surface area contributed by atoms with Gasteiger partial charge >= 0.3 is 0 Å². The van der Waals surface area contributed by atoms with Crippen LogP contribution >= 0.6 is 0 Å². The van der Waals surface area contributed by atoms with E-state index in [1.807, 2.05) is 34.8 Å². The molecule has 110 valence electrons. The first-order valence-corrected chi connectivity index (χ1v) is 6.82. The lowest BCUT2D eigenvalue weighted by Crippen LogP contribution is -2.51. The van der Waals surface area contributed by atoms with Gasteiger partial charge in [-0.15, -0.1) is 0 Å². The summed E-state index contributed by atoms with van der Waals surface area (Å²) >= 11 is 0. The molecule has 1 aliphatic heterocycles. The highest BCUT2D eigenvalue weighted by molar-refractivity contribution is 5.92. The molecule has 0 unspecified atom stereocenters. The number of amides is 2. The number of aromatic nitrogens is 1. The minimum absolute atomic E-state index is 0.0658. The van der Waals surface area contributed by atoms with Gasteiger partial charge in [-0.05, 0) is 12.1 Å². The Balaban J connectivity index is 1.87. The lowest BCUT2D eigenvalue weighted by atomic mass is 10.2. The van der Waals surface area contributed by atoms with Gasteiger partial charge in [0.05, 0.1) is 6.54 Å². The number of carbonyl (C=O) groups is 2. The van der Waals surface area contributed by atoms with Crippen LogP contribution in [0.1, 0.15) is 10.5 Å². The van der Waals surface area contributed by atoms with Crippen LogP contribution in [0.2, 0.25) is 0 Å². The van der Waals surface area contributed by atoms with Gasteiger partial charge in [0.1, 0.15) is 5.69 Å². The number of aryl methyl sites for hydroxylation is 1. The van der Waals surface area contributed by atoms with E-state index >= 15 is 0 Å². The van der Waals surface area contributed by atoms with E-state index in [1.165, 1.54) is 0 Å².